The molecule has 9 nitrogen and oxygen atoms in total. The van der Waals surface area contributed by atoms with Crippen molar-refractivity contribution in [2.45, 2.75) is 19.8 Å². The molecule has 0 spiro atoms. The van der Waals surface area contributed by atoms with Crippen molar-refractivity contribution in [3.05, 3.63) is 79.2 Å². The maximum atomic E-state index is 12.5. The Morgan fingerprint density at radius 2 is 1.76 bits per heavy atom. The number of carbonyl (C=O) groups excluding carboxylic acids is 1. The first-order valence-corrected chi connectivity index (χ1v) is 9.44. The molecular formula is C19H16N4O5S. The van der Waals surface area contributed by atoms with Crippen LogP contribution in [0.3, 0.4) is 0 Å². The van der Waals surface area contributed by atoms with Crippen molar-refractivity contribution >= 4 is 33.8 Å². The molecule has 3 rings (SSSR count). The zero-order chi connectivity index (χ0) is 21.1. The summed E-state index contributed by atoms with van der Waals surface area (Å²) in [5, 5.41) is 26.6. The van der Waals surface area contributed by atoms with Crippen molar-refractivity contribution in [1.29, 1.82) is 0 Å². The van der Waals surface area contributed by atoms with Crippen molar-refractivity contribution in [2.24, 2.45) is 0 Å². The Bertz CT molecular complexity index is 1090. The average Bonchev–Trinajstić information content (AvgIpc) is 3.15. The highest BCUT2D eigenvalue weighted by molar-refractivity contribution is 7.14. The fourth-order valence-electron chi connectivity index (χ4n) is 2.64. The van der Waals surface area contributed by atoms with Crippen molar-refractivity contribution in [2.75, 3.05) is 5.32 Å². The van der Waals surface area contributed by atoms with Gasteiger partial charge in [0.2, 0.25) is 0 Å². The lowest BCUT2D eigenvalue weighted by Gasteiger charge is -2.05. The number of nitrogens with zero attached hydrogens (tertiary/aromatic N) is 3. The van der Waals surface area contributed by atoms with E-state index in [1.54, 1.807) is 5.38 Å². The van der Waals surface area contributed by atoms with Gasteiger partial charge in [-0.05, 0) is 17.5 Å². The number of nitro benzene ring substituents is 2. The van der Waals surface area contributed by atoms with E-state index in [9.17, 15) is 25.0 Å². The van der Waals surface area contributed by atoms with Gasteiger partial charge in [0, 0.05) is 17.0 Å². The van der Waals surface area contributed by atoms with Crippen LogP contribution in [0.1, 0.15) is 35.7 Å². The number of thiazole rings is 1. The molecule has 0 unspecified atom stereocenters. The molecule has 1 aromatic heterocycles. The second-order valence-electron chi connectivity index (χ2n) is 6.48. The Balaban J connectivity index is 1.82. The van der Waals surface area contributed by atoms with Crippen LogP contribution in [0.2, 0.25) is 0 Å². The van der Waals surface area contributed by atoms with Crippen LogP contribution in [0.4, 0.5) is 16.5 Å². The number of rotatable bonds is 6. The number of benzene rings is 2. The Morgan fingerprint density at radius 3 is 2.34 bits per heavy atom. The SMILES string of the molecule is CC(C)c1ccc(-c2csc(NC(=O)c3ccc([N+](=O)[O-])cc3[N+](=O)[O-])n2)cc1. The van der Waals surface area contributed by atoms with Gasteiger partial charge in [0.05, 0.1) is 21.6 Å². The van der Waals surface area contributed by atoms with Crippen molar-refractivity contribution in [3.63, 3.8) is 0 Å². The lowest BCUT2D eigenvalue weighted by Crippen LogP contribution is -2.14. The molecule has 0 aliphatic rings. The van der Waals surface area contributed by atoms with Crippen molar-refractivity contribution in [3.8, 4) is 11.3 Å². The van der Waals surface area contributed by atoms with Crippen LogP contribution in [-0.2, 0) is 0 Å². The largest absolute Gasteiger partial charge is 0.298 e. The van der Waals surface area contributed by atoms with Crippen molar-refractivity contribution < 1.29 is 14.6 Å². The van der Waals surface area contributed by atoms with Gasteiger partial charge in [0.25, 0.3) is 17.3 Å². The number of nitrogens with one attached hydrogen (secondary N) is 1. The smallest absolute Gasteiger partial charge is 0.289 e. The number of amides is 1. The van der Waals surface area contributed by atoms with Gasteiger partial charge in [-0.2, -0.15) is 0 Å². The lowest BCUT2D eigenvalue weighted by atomic mass is 10.0. The summed E-state index contributed by atoms with van der Waals surface area (Å²) in [6.45, 7) is 4.20. The minimum Gasteiger partial charge on any atom is -0.298 e. The summed E-state index contributed by atoms with van der Waals surface area (Å²) in [5.41, 5.74) is 1.36. The first-order chi connectivity index (χ1) is 13.8. The molecule has 3 aromatic rings. The molecule has 0 bridgehead atoms. The van der Waals surface area contributed by atoms with Crippen LogP contribution in [0.25, 0.3) is 11.3 Å². The fraction of sp³-hybridized carbons (Fsp3) is 0.158. The number of aromatic nitrogens is 1. The van der Waals surface area contributed by atoms with E-state index < -0.39 is 27.1 Å². The summed E-state index contributed by atoms with van der Waals surface area (Å²) in [6, 6.07) is 10.8. The van der Waals surface area contributed by atoms with E-state index in [4.69, 9.17) is 0 Å². The number of non-ortho nitro benzene ring substituents is 1. The lowest BCUT2D eigenvalue weighted by molar-refractivity contribution is -0.394. The van der Waals surface area contributed by atoms with Gasteiger partial charge in [-0.1, -0.05) is 38.1 Å². The van der Waals surface area contributed by atoms with E-state index in [1.165, 1.54) is 16.9 Å². The van der Waals surface area contributed by atoms with E-state index in [0.717, 1.165) is 23.8 Å². The third-order valence-electron chi connectivity index (χ3n) is 4.23. The topological polar surface area (TPSA) is 128 Å². The molecule has 0 saturated heterocycles. The average molecular weight is 412 g/mol. The monoisotopic (exact) mass is 412 g/mol. The highest BCUT2D eigenvalue weighted by atomic mass is 32.1. The number of carbonyl (C=O) groups is 1. The second-order valence-corrected chi connectivity index (χ2v) is 7.34. The van der Waals surface area contributed by atoms with Crippen LogP contribution in [0.5, 0.6) is 0 Å². The minimum atomic E-state index is -0.828. The van der Waals surface area contributed by atoms with Crippen LogP contribution in [0, 0.1) is 20.2 Å². The molecule has 148 valence electrons. The van der Waals surface area contributed by atoms with Gasteiger partial charge >= 0.3 is 0 Å². The number of hydrogen-bond donors (Lipinski definition) is 1. The molecule has 1 amide bonds. The molecule has 0 atom stereocenters. The summed E-state index contributed by atoms with van der Waals surface area (Å²) in [6.07, 6.45) is 0. The molecule has 1 heterocycles. The predicted octanol–water partition coefficient (Wildman–Crippen LogP) is 5.00. The normalized spacial score (nSPS) is 10.7. The molecule has 0 aliphatic carbocycles. The van der Waals surface area contributed by atoms with Crippen LogP contribution in [-0.4, -0.2) is 20.7 Å². The van der Waals surface area contributed by atoms with Crippen LogP contribution >= 0.6 is 11.3 Å². The third kappa shape index (κ3) is 4.43. The van der Waals surface area contributed by atoms with Gasteiger partial charge < -0.3 is 0 Å². The standard InChI is InChI=1S/C19H16N4O5S/c1-11(2)12-3-5-13(6-4-12)16-10-29-19(20-16)21-18(24)15-8-7-14(22(25)26)9-17(15)23(27)28/h3-11H,1-2H3,(H,20,21,24). The first-order valence-electron chi connectivity index (χ1n) is 8.56. The molecule has 0 radical (unpaired) electrons. The molecule has 1 N–H and O–H groups in total. The zero-order valence-corrected chi connectivity index (χ0v) is 16.3. The Morgan fingerprint density at radius 1 is 1.07 bits per heavy atom. The zero-order valence-electron chi connectivity index (χ0n) is 15.5. The van der Waals surface area contributed by atoms with Crippen LogP contribution in [0.15, 0.2) is 47.8 Å². The number of anilines is 1. The van der Waals surface area contributed by atoms with Crippen molar-refractivity contribution in [1.82, 2.24) is 4.98 Å². The fourth-order valence-corrected chi connectivity index (χ4v) is 3.36. The molecule has 29 heavy (non-hydrogen) atoms. The Kier molecular flexibility index (Phi) is 5.64. The number of hydrogen-bond acceptors (Lipinski definition) is 7. The highest BCUT2D eigenvalue weighted by Crippen LogP contribution is 2.29. The first kappa shape index (κ1) is 20.1. The molecule has 2 aromatic carbocycles. The highest BCUT2D eigenvalue weighted by Gasteiger charge is 2.24. The maximum Gasteiger partial charge on any atom is 0.289 e. The molecule has 0 saturated carbocycles. The Labute approximate surface area is 169 Å². The van der Waals surface area contributed by atoms with Gasteiger partial charge in [0.15, 0.2) is 5.13 Å². The summed E-state index contributed by atoms with van der Waals surface area (Å²) < 4.78 is 0. The summed E-state index contributed by atoms with van der Waals surface area (Å²) in [7, 11) is 0. The third-order valence-corrected chi connectivity index (χ3v) is 4.99. The Hall–Kier alpha value is -3.66. The van der Waals surface area contributed by atoms with Gasteiger partial charge in [-0.15, -0.1) is 11.3 Å². The summed E-state index contributed by atoms with van der Waals surface area (Å²) in [5.74, 6) is -0.352. The molecule has 10 heteroatoms. The van der Waals surface area contributed by atoms with Gasteiger partial charge in [-0.3, -0.25) is 30.3 Å². The van der Waals surface area contributed by atoms with E-state index in [0.29, 0.717) is 11.6 Å². The molecular weight excluding hydrogens is 396 g/mol. The number of nitro groups is 2. The van der Waals surface area contributed by atoms with E-state index in [2.05, 4.69) is 24.1 Å². The predicted molar refractivity (Wildman–Crippen MR) is 109 cm³/mol. The van der Waals surface area contributed by atoms with Crippen LogP contribution < -0.4 is 5.32 Å². The van der Waals surface area contributed by atoms with Gasteiger partial charge in [-0.25, -0.2) is 4.98 Å². The quantitative estimate of drug-likeness (QED) is 0.448. The van der Waals surface area contributed by atoms with Gasteiger partial charge in [0.1, 0.15) is 5.56 Å². The second kappa shape index (κ2) is 8.15. The minimum absolute atomic E-state index is 0.269. The van der Waals surface area contributed by atoms with E-state index >= 15 is 0 Å². The van der Waals surface area contributed by atoms with E-state index in [-0.39, 0.29) is 10.7 Å². The molecule has 0 fully saturated rings. The van der Waals surface area contributed by atoms with E-state index in [1.807, 2.05) is 24.3 Å². The summed E-state index contributed by atoms with van der Waals surface area (Å²) in [4.78, 5) is 37.3. The summed E-state index contributed by atoms with van der Waals surface area (Å²) >= 11 is 1.18. The maximum absolute atomic E-state index is 12.5. The molecule has 0 aliphatic heterocycles.